The van der Waals surface area contributed by atoms with E-state index in [1.54, 1.807) is 0 Å². The summed E-state index contributed by atoms with van der Waals surface area (Å²) < 4.78 is 0. The number of benzene rings is 3. The molecule has 4 heteroatoms. The van der Waals surface area contributed by atoms with E-state index in [0.29, 0.717) is 0 Å². The molecule has 0 saturated heterocycles. The van der Waals surface area contributed by atoms with Crippen LogP contribution in [0.3, 0.4) is 0 Å². The molecule has 145 valence electrons. The molecule has 0 aromatic heterocycles. The fraction of sp³-hybridized carbons (Fsp3) is 0.250. The molecule has 0 N–H and O–H groups in total. The predicted molar refractivity (Wildman–Crippen MR) is 106 cm³/mol. The molecule has 0 amide bonds. The molecule has 0 bridgehead atoms. The summed E-state index contributed by atoms with van der Waals surface area (Å²) in [6.07, 6.45) is 0. The number of hydrogen-bond acceptors (Lipinski definition) is 3. The Morgan fingerprint density at radius 2 is 0.536 bits per heavy atom. The van der Waals surface area contributed by atoms with Crippen molar-refractivity contribution in [1.29, 1.82) is 0 Å². The Labute approximate surface area is 201 Å². The second-order valence-electron chi connectivity index (χ2n) is 6.66. The van der Waals surface area contributed by atoms with Crippen molar-refractivity contribution < 1.29 is 56.2 Å². The van der Waals surface area contributed by atoms with Gasteiger partial charge in [0.05, 0.1) is 0 Å². The number of para-hydroxylation sites is 3. The summed E-state index contributed by atoms with van der Waals surface area (Å²) in [4.78, 5) is 0. The number of aryl methyl sites for hydroxylation is 6. The summed E-state index contributed by atoms with van der Waals surface area (Å²) >= 11 is 0. The van der Waals surface area contributed by atoms with Gasteiger partial charge in [-0.2, -0.15) is 0 Å². The Morgan fingerprint density at radius 3 is 0.643 bits per heavy atom. The summed E-state index contributed by atoms with van der Waals surface area (Å²) in [5.74, 6) is 0.493. The molecule has 1 radical (unpaired) electrons. The van der Waals surface area contributed by atoms with E-state index < -0.39 is 0 Å². The van der Waals surface area contributed by atoms with Crippen molar-refractivity contribution in [3.05, 3.63) is 88.0 Å². The van der Waals surface area contributed by atoms with Crippen LogP contribution in [0.4, 0.5) is 0 Å². The summed E-state index contributed by atoms with van der Waals surface area (Å²) in [5, 5.41) is 32.9. The quantitative estimate of drug-likeness (QED) is 0.459. The first-order valence-electron chi connectivity index (χ1n) is 8.84. The molecule has 0 heterocycles. The molecule has 28 heavy (non-hydrogen) atoms. The van der Waals surface area contributed by atoms with E-state index in [-0.39, 0.29) is 58.1 Å². The van der Waals surface area contributed by atoms with Crippen LogP contribution in [0.2, 0.25) is 0 Å². The van der Waals surface area contributed by atoms with Crippen molar-refractivity contribution in [3.8, 4) is 17.2 Å². The molecule has 3 nitrogen and oxygen atoms in total. The number of rotatable bonds is 0. The second-order valence-corrected chi connectivity index (χ2v) is 6.66. The average molecular weight is 508 g/mol. The fourth-order valence-corrected chi connectivity index (χ4v) is 2.40. The minimum absolute atomic E-state index is 0. The molecule has 0 fully saturated rings. The third-order valence-electron chi connectivity index (χ3n) is 4.23. The third-order valence-corrected chi connectivity index (χ3v) is 4.23. The van der Waals surface area contributed by atoms with E-state index in [1.165, 1.54) is 0 Å². The van der Waals surface area contributed by atoms with Gasteiger partial charge in [-0.25, -0.2) is 0 Å². The van der Waals surface area contributed by atoms with Gasteiger partial charge in [-0.05, 0) is 41.5 Å². The van der Waals surface area contributed by atoms with Gasteiger partial charge >= 0.3 is 40.8 Å². The van der Waals surface area contributed by atoms with Gasteiger partial charge in [-0.15, -0.1) is 17.2 Å². The molecule has 0 atom stereocenters. The van der Waals surface area contributed by atoms with Gasteiger partial charge < -0.3 is 15.3 Å². The van der Waals surface area contributed by atoms with Crippen LogP contribution < -0.4 is 15.3 Å². The zero-order valence-corrected chi connectivity index (χ0v) is 20.6. The molecule has 3 aromatic rings. The molecule has 0 aliphatic rings. The molecule has 0 aliphatic heterocycles. The summed E-state index contributed by atoms with van der Waals surface area (Å²) in [7, 11) is 0. The van der Waals surface area contributed by atoms with E-state index in [9.17, 15) is 15.3 Å². The fourth-order valence-electron chi connectivity index (χ4n) is 2.40. The van der Waals surface area contributed by atoms with E-state index in [4.69, 9.17) is 0 Å². The monoisotopic (exact) mass is 505 g/mol. The standard InChI is InChI=1S/3C8H10O.Nd/c3*1-6-4-3-5-7(2)8(6)9;/h3*3-5,9H,1-2H3;/q;;;+3/p-3. The van der Waals surface area contributed by atoms with Gasteiger partial charge in [-0.1, -0.05) is 88.0 Å². The molecule has 3 rings (SSSR count). The van der Waals surface area contributed by atoms with Crippen molar-refractivity contribution in [2.24, 2.45) is 0 Å². The summed E-state index contributed by atoms with van der Waals surface area (Å²) in [5.41, 5.74) is 4.97. The van der Waals surface area contributed by atoms with Crippen LogP contribution in [0.1, 0.15) is 33.4 Å². The van der Waals surface area contributed by atoms with Crippen molar-refractivity contribution in [2.75, 3.05) is 0 Å². The van der Waals surface area contributed by atoms with E-state index in [2.05, 4.69) is 0 Å². The Bertz CT molecular complexity index is 711. The first-order valence-corrected chi connectivity index (χ1v) is 8.84. The summed E-state index contributed by atoms with van der Waals surface area (Å²) in [6, 6.07) is 16.7. The van der Waals surface area contributed by atoms with Crippen molar-refractivity contribution in [2.45, 2.75) is 41.5 Å². The van der Waals surface area contributed by atoms with Crippen molar-refractivity contribution in [1.82, 2.24) is 0 Å². The second kappa shape index (κ2) is 12.8. The van der Waals surface area contributed by atoms with Gasteiger partial charge in [-0.3, -0.25) is 0 Å². The van der Waals surface area contributed by atoms with Crippen LogP contribution in [0.5, 0.6) is 17.2 Å². The molecule has 0 unspecified atom stereocenters. The van der Waals surface area contributed by atoms with Crippen LogP contribution in [0.15, 0.2) is 54.6 Å². The van der Waals surface area contributed by atoms with E-state index in [0.717, 1.165) is 33.4 Å². The van der Waals surface area contributed by atoms with Crippen LogP contribution in [-0.2, 0) is 0 Å². The molecule has 0 spiro atoms. The Balaban J connectivity index is 0.000000384. The van der Waals surface area contributed by atoms with Gasteiger partial charge in [0.15, 0.2) is 0 Å². The maximum absolute atomic E-state index is 11.0. The van der Waals surface area contributed by atoms with E-state index in [1.807, 2.05) is 96.1 Å². The largest absolute Gasteiger partial charge is 3.00 e. The Morgan fingerprint density at radius 1 is 0.393 bits per heavy atom. The topological polar surface area (TPSA) is 69.2 Å². The molecular weight excluding hydrogens is 481 g/mol. The van der Waals surface area contributed by atoms with Crippen LogP contribution in [-0.4, -0.2) is 0 Å². The normalized spacial score (nSPS) is 9.21. The van der Waals surface area contributed by atoms with E-state index >= 15 is 0 Å². The maximum atomic E-state index is 11.0. The smallest absolute Gasteiger partial charge is 0.872 e. The Hall–Kier alpha value is -1.59. The maximum Gasteiger partial charge on any atom is 3.00 e. The summed E-state index contributed by atoms with van der Waals surface area (Å²) in [6.45, 7) is 11.0. The molecule has 0 saturated carbocycles. The van der Waals surface area contributed by atoms with Crippen LogP contribution in [0, 0.1) is 82.4 Å². The predicted octanol–water partition coefficient (Wildman–Crippen LogP) is 4.13. The van der Waals surface area contributed by atoms with Gasteiger partial charge in [0, 0.05) is 0 Å². The molecule has 0 aliphatic carbocycles. The van der Waals surface area contributed by atoms with Gasteiger partial charge in [0.1, 0.15) is 0 Å². The van der Waals surface area contributed by atoms with Gasteiger partial charge in [0.25, 0.3) is 0 Å². The SMILES string of the molecule is Cc1cccc(C)c1[O-].Cc1cccc(C)c1[O-].Cc1cccc(C)c1[O-].[Nd+3]. The van der Waals surface area contributed by atoms with Crippen molar-refractivity contribution in [3.63, 3.8) is 0 Å². The zero-order valence-electron chi connectivity index (χ0n) is 17.4. The average Bonchev–Trinajstić information content (AvgIpc) is 2.63. The molecular formula is C24H27NdO3. The molecule has 3 aromatic carbocycles. The van der Waals surface area contributed by atoms with Gasteiger partial charge in [0.2, 0.25) is 0 Å². The third kappa shape index (κ3) is 8.19. The minimum Gasteiger partial charge on any atom is -0.872 e. The zero-order chi connectivity index (χ0) is 20.6. The first kappa shape index (κ1) is 26.4. The Kier molecular flexibility index (Phi) is 12.1. The minimum atomic E-state index is 0. The van der Waals surface area contributed by atoms with Crippen LogP contribution >= 0.6 is 0 Å². The van der Waals surface area contributed by atoms with Crippen molar-refractivity contribution >= 4 is 0 Å². The first-order chi connectivity index (χ1) is 12.6. The van der Waals surface area contributed by atoms with Crippen LogP contribution in [0.25, 0.3) is 0 Å². The number of hydrogen-bond donors (Lipinski definition) is 0.